The van der Waals surface area contributed by atoms with Crippen LogP contribution >= 0.6 is 0 Å². The number of carbonyl (C=O) groups excluding carboxylic acids is 1. The largest absolute Gasteiger partial charge is 0.504 e. The van der Waals surface area contributed by atoms with Gasteiger partial charge in [-0.2, -0.15) is 0 Å². The molecule has 0 aliphatic carbocycles. The molecule has 0 amide bonds. The Kier molecular flexibility index (Phi) is 3.83. The second kappa shape index (κ2) is 5.93. The van der Waals surface area contributed by atoms with Gasteiger partial charge in [-0.25, -0.2) is 0 Å². The first kappa shape index (κ1) is 14.2. The van der Waals surface area contributed by atoms with Gasteiger partial charge >= 0.3 is 0 Å². The highest BCUT2D eigenvalue weighted by molar-refractivity contribution is 6.14. The summed E-state index contributed by atoms with van der Waals surface area (Å²) in [4.78, 5) is 12.5. The summed E-state index contributed by atoms with van der Waals surface area (Å²) < 4.78 is 11.0. The molecule has 1 aliphatic rings. The fourth-order valence-corrected chi connectivity index (χ4v) is 2.37. The molecule has 112 valence electrons. The number of hydrogen-bond donors (Lipinski definition) is 1. The standard InChI is InChI=1S/C18H16O4/c1-2-21-17-10-12(7-8-15(17)19)9-13-11-22-16-6-4-3-5-14(16)18(13)20/h3-10,19H,2,11H2,1H3. The zero-order valence-corrected chi connectivity index (χ0v) is 12.2. The van der Waals surface area contributed by atoms with Crippen molar-refractivity contribution < 1.29 is 19.4 Å². The van der Waals surface area contributed by atoms with Crippen molar-refractivity contribution in [3.8, 4) is 17.2 Å². The van der Waals surface area contributed by atoms with Gasteiger partial charge in [0.15, 0.2) is 17.3 Å². The minimum atomic E-state index is -0.0344. The van der Waals surface area contributed by atoms with E-state index < -0.39 is 0 Å². The normalized spacial score (nSPS) is 15.3. The zero-order chi connectivity index (χ0) is 15.5. The van der Waals surface area contributed by atoms with Crippen molar-refractivity contribution in [1.82, 2.24) is 0 Å². The molecule has 2 aromatic rings. The summed E-state index contributed by atoms with van der Waals surface area (Å²) in [5, 5.41) is 9.72. The fraction of sp³-hybridized carbons (Fsp3) is 0.167. The molecule has 0 spiro atoms. The van der Waals surface area contributed by atoms with E-state index in [0.29, 0.717) is 29.2 Å². The first-order valence-corrected chi connectivity index (χ1v) is 7.12. The molecule has 4 nitrogen and oxygen atoms in total. The molecule has 3 rings (SSSR count). The Morgan fingerprint density at radius 3 is 2.91 bits per heavy atom. The van der Waals surface area contributed by atoms with Crippen molar-refractivity contribution in [3.05, 3.63) is 59.2 Å². The molecule has 1 heterocycles. The van der Waals surface area contributed by atoms with Gasteiger partial charge in [0.2, 0.25) is 0 Å². The van der Waals surface area contributed by atoms with Crippen LogP contribution in [0.15, 0.2) is 48.0 Å². The Labute approximate surface area is 128 Å². The van der Waals surface area contributed by atoms with Crippen LogP contribution in [0.5, 0.6) is 17.2 Å². The van der Waals surface area contributed by atoms with Crippen LogP contribution in [-0.2, 0) is 0 Å². The summed E-state index contributed by atoms with van der Waals surface area (Å²) in [5.74, 6) is 1.07. The van der Waals surface area contributed by atoms with Crippen molar-refractivity contribution in [2.45, 2.75) is 6.92 Å². The third-order valence-electron chi connectivity index (χ3n) is 3.43. The van der Waals surface area contributed by atoms with Crippen LogP contribution in [0.25, 0.3) is 6.08 Å². The first-order chi connectivity index (χ1) is 10.7. The van der Waals surface area contributed by atoms with Gasteiger partial charge in [0.1, 0.15) is 12.4 Å². The van der Waals surface area contributed by atoms with Gasteiger partial charge in [-0.15, -0.1) is 0 Å². The Hall–Kier alpha value is -2.75. The van der Waals surface area contributed by atoms with Crippen LogP contribution in [0.3, 0.4) is 0 Å². The summed E-state index contributed by atoms with van der Waals surface area (Å²) in [6.45, 7) is 2.55. The Morgan fingerprint density at radius 2 is 2.09 bits per heavy atom. The molecule has 0 saturated carbocycles. The number of ether oxygens (including phenoxy) is 2. The lowest BCUT2D eigenvalue weighted by molar-refractivity contribution is 0.100. The molecule has 0 atom stereocenters. The van der Waals surface area contributed by atoms with E-state index in [4.69, 9.17) is 9.47 Å². The van der Waals surface area contributed by atoms with Gasteiger partial charge in [0.05, 0.1) is 12.2 Å². The van der Waals surface area contributed by atoms with Gasteiger partial charge in [-0.1, -0.05) is 18.2 Å². The lowest BCUT2D eigenvalue weighted by Crippen LogP contribution is -2.18. The zero-order valence-electron chi connectivity index (χ0n) is 12.2. The van der Waals surface area contributed by atoms with E-state index in [-0.39, 0.29) is 18.1 Å². The summed E-state index contributed by atoms with van der Waals surface area (Å²) in [6, 6.07) is 12.2. The number of Topliss-reactive ketones (excluding diaryl/α,β-unsaturated/α-hetero) is 1. The average Bonchev–Trinajstić information content (AvgIpc) is 2.54. The van der Waals surface area contributed by atoms with Crippen molar-refractivity contribution in [2.24, 2.45) is 0 Å². The minimum absolute atomic E-state index is 0.0344. The molecule has 1 aliphatic heterocycles. The fourth-order valence-electron chi connectivity index (χ4n) is 2.37. The number of rotatable bonds is 3. The minimum Gasteiger partial charge on any atom is -0.504 e. The SMILES string of the molecule is CCOc1cc(C=C2COc3ccccc3C2=O)ccc1O. The number of para-hydroxylation sites is 1. The number of phenolic OH excluding ortho intramolecular Hbond substituents is 1. The van der Waals surface area contributed by atoms with Crippen molar-refractivity contribution in [1.29, 1.82) is 0 Å². The number of hydrogen-bond acceptors (Lipinski definition) is 4. The predicted molar refractivity (Wildman–Crippen MR) is 83.5 cm³/mol. The second-order valence-electron chi connectivity index (χ2n) is 4.94. The maximum absolute atomic E-state index is 12.5. The van der Waals surface area contributed by atoms with Crippen LogP contribution in [0, 0.1) is 0 Å². The number of aromatic hydroxyl groups is 1. The lowest BCUT2D eigenvalue weighted by Gasteiger charge is -2.18. The van der Waals surface area contributed by atoms with Gasteiger partial charge in [-0.3, -0.25) is 4.79 Å². The van der Waals surface area contributed by atoms with E-state index in [1.54, 1.807) is 36.4 Å². The molecule has 0 radical (unpaired) electrons. The van der Waals surface area contributed by atoms with E-state index in [1.807, 2.05) is 19.1 Å². The van der Waals surface area contributed by atoms with E-state index in [2.05, 4.69) is 0 Å². The Balaban J connectivity index is 1.93. The molecule has 0 unspecified atom stereocenters. The van der Waals surface area contributed by atoms with Crippen LogP contribution in [0.4, 0.5) is 0 Å². The number of ketones is 1. The van der Waals surface area contributed by atoms with E-state index >= 15 is 0 Å². The highest BCUT2D eigenvalue weighted by Crippen LogP contribution is 2.30. The molecule has 0 fully saturated rings. The Morgan fingerprint density at radius 1 is 1.27 bits per heavy atom. The van der Waals surface area contributed by atoms with Crippen LogP contribution < -0.4 is 9.47 Å². The van der Waals surface area contributed by atoms with Crippen LogP contribution in [0.2, 0.25) is 0 Å². The van der Waals surface area contributed by atoms with Gasteiger partial charge in [0.25, 0.3) is 0 Å². The molecule has 0 bridgehead atoms. The molecule has 0 saturated heterocycles. The van der Waals surface area contributed by atoms with Crippen molar-refractivity contribution in [3.63, 3.8) is 0 Å². The maximum Gasteiger partial charge on any atom is 0.196 e. The van der Waals surface area contributed by atoms with E-state index in [0.717, 1.165) is 5.56 Å². The smallest absolute Gasteiger partial charge is 0.196 e. The van der Waals surface area contributed by atoms with E-state index in [1.165, 1.54) is 0 Å². The number of benzene rings is 2. The molecule has 22 heavy (non-hydrogen) atoms. The highest BCUT2D eigenvalue weighted by atomic mass is 16.5. The number of carbonyl (C=O) groups is 1. The monoisotopic (exact) mass is 296 g/mol. The Bertz CT molecular complexity index is 747. The van der Waals surface area contributed by atoms with Crippen LogP contribution in [-0.4, -0.2) is 24.1 Å². The topological polar surface area (TPSA) is 55.8 Å². The molecule has 1 N–H and O–H groups in total. The predicted octanol–water partition coefficient (Wildman–Crippen LogP) is 3.45. The quantitative estimate of drug-likeness (QED) is 0.881. The summed E-state index contributed by atoms with van der Waals surface area (Å²) in [7, 11) is 0. The van der Waals surface area contributed by atoms with Crippen molar-refractivity contribution >= 4 is 11.9 Å². The van der Waals surface area contributed by atoms with Gasteiger partial charge in [-0.05, 0) is 42.8 Å². The second-order valence-corrected chi connectivity index (χ2v) is 4.94. The molecule has 2 aromatic carbocycles. The highest BCUT2D eigenvalue weighted by Gasteiger charge is 2.22. The van der Waals surface area contributed by atoms with Gasteiger partial charge < -0.3 is 14.6 Å². The summed E-state index contributed by atoms with van der Waals surface area (Å²) in [6.07, 6.45) is 1.76. The first-order valence-electron chi connectivity index (χ1n) is 7.12. The third kappa shape index (κ3) is 2.68. The lowest BCUT2D eigenvalue weighted by atomic mass is 9.98. The van der Waals surface area contributed by atoms with E-state index in [9.17, 15) is 9.90 Å². The van der Waals surface area contributed by atoms with Crippen LogP contribution in [0.1, 0.15) is 22.8 Å². The molecular weight excluding hydrogens is 280 g/mol. The van der Waals surface area contributed by atoms with Gasteiger partial charge in [0, 0.05) is 5.57 Å². The number of phenols is 1. The number of fused-ring (bicyclic) bond motifs is 1. The molecular formula is C18H16O4. The molecule has 4 heteroatoms. The summed E-state index contributed by atoms with van der Waals surface area (Å²) in [5.41, 5.74) is 1.93. The summed E-state index contributed by atoms with van der Waals surface area (Å²) >= 11 is 0. The third-order valence-corrected chi connectivity index (χ3v) is 3.43. The average molecular weight is 296 g/mol. The maximum atomic E-state index is 12.5. The van der Waals surface area contributed by atoms with Crippen molar-refractivity contribution in [2.75, 3.05) is 13.2 Å². The molecule has 0 aromatic heterocycles.